The molecule has 0 bridgehead atoms. The van der Waals surface area contributed by atoms with E-state index < -0.39 is 0 Å². The van der Waals surface area contributed by atoms with Crippen LogP contribution in [0.25, 0.3) is 0 Å². The molecule has 15 heavy (non-hydrogen) atoms. The Morgan fingerprint density at radius 3 is 3.00 bits per heavy atom. The van der Waals surface area contributed by atoms with E-state index >= 15 is 0 Å². The smallest absolute Gasteiger partial charge is 0.221 e. The molecule has 0 spiro atoms. The molecular weight excluding hydrogens is 212 g/mol. The maximum atomic E-state index is 5.97. The van der Waals surface area contributed by atoms with Crippen molar-refractivity contribution in [2.75, 3.05) is 6.61 Å². The Morgan fingerprint density at radius 2 is 2.33 bits per heavy atom. The fourth-order valence-corrected chi connectivity index (χ4v) is 1.42. The van der Waals surface area contributed by atoms with Crippen molar-refractivity contribution in [3.05, 3.63) is 29.7 Å². The first-order valence-corrected chi connectivity index (χ1v) is 5.40. The highest BCUT2D eigenvalue weighted by Crippen LogP contribution is 2.23. The maximum absolute atomic E-state index is 5.97. The van der Waals surface area contributed by atoms with E-state index in [1.165, 1.54) is 6.33 Å². The van der Waals surface area contributed by atoms with Gasteiger partial charge in [-0.2, -0.15) is 0 Å². The topological polar surface area (TPSA) is 35.0 Å². The van der Waals surface area contributed by atoms with Gasteiger partial charge in [-0.25, -0.2) is 9.97 Å². The summed E-state index contributed by atoms with van der Waals surface area (Å²) in [6.07, 6.45) is 5.86. The van der Waals surface area contributed by atoms with Gasteiger partial charge in [0.1, 0.15) is 11.5 Å². The standard InChI is InChI=1S/C11H15ClN2O/c1-3-5-7-15-11-9(6-4-2)10(12)13-8-14-11/h3,8H,1,4-7H2,2H3. The molecule has 0 radical (unpaired) electrons. The molecule has 0 aromatic carbocycles. The van der Waals surface area contributed by atoms with E-state index in [1.54, 1.807) is 0 Å². The van der Waals surface area contributed by atoms with Gasteiger partial charge in [0.2, 0.25) is 5.88 Å². The van der Waals surface area contributed by atoms with Gasteiger partial charge in [0, 0.05) is 0 Å². The second-order valence-electron chi connectivity index (χ2n) is 3.12. The summed E-state index contributed by atoms with van der Waals surface area (Å²) in [6.45, 7) is 6.29. The van der Waals surface area contributed by atoms with Gasteiger partial charge in [0.25, 0.3) is 0 Å². The molecule has 1 aromatic rings. The molecular formula is C11H15ClN2O. The zero-order chi connectivity index (χ0) is 11.1. The SMILES string of the molecule is C=CCCOc1ncnc(Cl)c1CCC. The van der Waals surface area contributed by atoms with Crippen molar-refractivity contribution in [1.29, 1.82) is 0 Å². The van der Waals surface area contributed by atoms with Crippen LogP contribution in [0.2, 0.25) is 5.15 Å². The fraction of sp³-hybridized carbons (Fsp3) is 0.455. The summed E-state index contributed by atoms with van der Waals surface area (Å²) in [4.78, 5) is 8.02. The van der Waals surface area contributed by atoms with Crippen LogP contribution in [-0.4, -0.2) is 16.6 Å². The third kappa shape index (κ3) is 3.51. The zero-order valence-electron chi connectivity index (χ0n) is 8.87. The minimum absolute atomic E-state index is 0.487. The first kappa shape index (κ1) is 12.0. The van der Waals surface area contributed by atoms with Gasteiger partial charge in [-0.15, -0.1) is 6.58 Å². The van der Waals surface area contributed by atoms with Crippen molar-refractivity contribution in [1.82, 2.24) is 9.97 Å². The zero-order valence-corrected chi connectivity index (χ0v) is 9.63. The molecule has 0 N–H and O–H groups in total. The van der Waals surface area contributed by atoms with E-state index in [1.807, 2.05) is 6.08 Å². The van der Waals surface area contributed by atoms with Crippen molar-refractivity contribution in [2.45, 2.75) is 26.2 Å². The minimum atomic E-state index is 0.487. The van der Waals surface area contributed by atoms with Crippen LogP contribution in [0.5, 0.6) is 5.88 Å². The van der Waals surface area contributed by atoms with E-state index in [0.717, 1.165) is 24.8 Å². The molecule has 0 amide bonds. The second kappa shape index (κ2) is 6.40. The highest BCUT2D eigenvalue weighted by Gasteiger charge is 2.09. The lowest BCUT2D eigenvalue weighted by molar-refractivity contribution is 0.308. The van der Waals surface area contributed by atoms with E-state index in [9.17, 15) is 0 Å². The number of ether oxygens (including phenoxy) is 1. The number of hydrogen-bond acceptors (Lipinski definition) is 3. The highest BCUT2D eigenvalue weighted by molar-refractivity contribution is 6.30. The van der Waals surface area contributed by atoms with Gasteiger partial charge in [0.05, 0.1) is 12.2 Å². The molecule has 0 atom stereocenters. The molecule has 1 aromatic heterocycles. The molecule has 0 fully saturated rings. The molecule has 0 unspecified atom stereocenters. The Balaban J connectivity index is 2.75. The van der Waals surface area contributed by atoms with Crippen molar-refractivity contribution in [3.63, 3.8) is 0 Å². The number of aromatic nitrogens is 2. The van der Waals surface area contributed by atoms with Crippen molar-refractivity contribution >= 4 is 11.6 Å². The van der Waals surface area contributed by atoms with Gasteiger partial charge >= 0.3 is 0 Å². The molecule has 0 aliphatic carbocycles. The van der Waals surface area contributed by atoms with Gasteiger partial charge in [-0.05, 0) is 12.8 Å². The highest BCUT2D eigenvalue weighted by atomic mass is 35.5. The van der Waals surface area contributed by atoms with Crippen LogP contribution in [0.15, 0.2) is 19.0 Å². The molecule has 82 valence electrons. The summed E-state index contributed by atoms with van der Waals surface area (Å²) in [5.74, 6) is 0.596. The van der Waals surface area contributed by atoms with Crippen LogP contribution in [0, 0.1) is 0 Å². The summed E-state index contributed by atoms with van der Waals surface area (Å²) >= 11 is 5.97. The van der Waals surface area contributed by atoms with Gasteiger partial charge in [-0.3, -0.25) is 0 Å². The van der Waals surface area contributed by atoms with Crippen LogP contribution >= 0.6 is 11.6 Å². The average Bonchev–Trinajstić information content (AvgIpc) is 2.23. The lowest BCUT2D eigenvalue weighted by Crippen LogP contribution is -2.03. The molecule has 0 aliphatic rings. The fourth-order valence-electron chi connectivity index (χ4n) is 1.20. The molecule has 0 aliphatic heterocycles. The first-order chi connectivity index (χ1) is 7.29. The largest absolute Gasteiger partial charge is 0.477 e. The first-order valence-electron chi connectivity index (χ1n) is 5.02. The Bertz CT molecular complexity index is 328. The molecule has 4 heteroatoms. The Morgan fingerprint density at radius 1 is 1.53 bits per heavy atom. The third-order valence-electron chi connectivity index (χ3n) is 1.91. The van der Waals surface area contributed by atoms with Crippen LogP contribution < -0.4 is 4.74 Å². The summed E-state index contributed by atoms with van der Waals surface area (Å²) in [6, 6.07) is 0. The molecule has 1 rings (SSSR count). The van der Waals surface area contributed by atoms with Gasteiger partial charge in [0.15, 0.2) is 0 Å². The van der Waals surface area contributed by atoms with E-state index in [-0.39, 0.29) is 0 Å². The molecule has 3 nitrogen and oxygen atoms in total. The maximum Gasteiger partial charge on any atom is 0.221 e. The van der Waals surface area contributed by atoms with Crippen LogP contribution in [0.3, 0.4) is 0 Å². The monoisotopic (exact) mass is 226 g/mol. The van der Waals surface area contributed by atoms with E-state index in [2.05, 4.69) is 23.5 Å². The number of halogens is 1. The van der Waals surface area contributed by atoms with Crippen molar-refractivity contribution < 1.29 is 4.74 Å². The van der Waals surface area contributed by atoms with Crippen molar-refractivity contribution in [3.8, 4) is 5.88 Å². The molecule has 0 saturated carbocycles. The number of nitrogens with zero attached hydrogens (tertiary/aromatic N) is 2. The van der Waals surface area contributed by atoms with Crippen molar-refractivity contribution in [2.24, 2.45) is 0 Å². The minimum Gasteiger partial charge on any atom is -0.477 e. The summed E-state index contributed by atoms with van der Waals surface area (Å²) in [5, 5.41) is 0.487. The number of hydrogen-bond donors (Lipinski definition) is 0. The quantitative estimate of drug-likeness (QED) is 0.425. The average molecular weight is 227 g/mol. The van der Waals surface area contributed by atoms with Crippen LogP contribution in [-0.2, 0) is 6.42 Å². The second-order valence-corrected chi connectivity index (χ2v) is 3.48. The Hall–Kier alpha value is -1.09. The van der Waals surface area contributed by atoms with E-state index in [0.29, 0.717) is 17.6 Å². The Kier molecular flexibility index (Phi) is 5.12. The summed E-state index contributed by atoms with van der Waals surface area (Å²) in [7, 11) is 0. The predicted molar refractivity (Wildman–Crippen MR) is 61.3 cm³/mol. The van der Waals surface area contributed by atoms with E-state index in [4.69, 9.17) is 16.3 Å². The van der Waals surface area contributed by atoms with Gasteiger partial charge < -0.3 is 4.74 Å². The normalized spacial score (nSPS) is 10.0. The Labute approximate surface area is 95.2 Å². The lowest BCUT2D eigenvalue weighted by Gasteiger charge is -2.09. The van der Waals surface area contributed by atoms with Gasteiger partial charge in [-0.1, -0.05) is 31.0 Å². The number of rotatable bonds is 6. The summed E-state index contributed by atoms with van der Waals surface area (Å²) < 4.78 is 5.50. The van der Waals surface area contributed by atoms with Crippen LogP contribution in [0.1, 0.15) is 25.3 Å². The van der Waals surface area contributed by atoms with Crippen LogP contribution in [0.4, 0.5) is 0 Å². The lowest BCUT2D eigenvalue weighted by atomic mass is 10.2. The molecule has 0 saturated heterocycles. The predicted octanol–water partition coefficient (Wildman–Crippen LogP) is 3.04. The third-order valence-corrected chi connectivity index (χ3v) is 2.24. The molecule has 1 heterocycles. The summed E-state index contributed by atoms with van der Waals surface area (Å²) in [5.41, 5.74) is 0.894.